The van der Waals surface area contributed by atoms with Crippen molar-refractivity contribution in [3.63, 3.8) is 0 Å². The fourth-order valence-electron chi connectivity index (χ4n) is 2.86. The predicted molar refractivity (Wildman–Crippen MR) is 92.7 cm³/mol. The van der Waals surface area contributed by atoms with Crippen LogP contribution in [0.3, 0.4) is 0 Å². The normalized spacial score (nSPS) is 11.1. The molecule has 4 aromatic rings. The Bertz CT molecular complexity index is 1110. The third-order valence-corrected chi connectivity index (χ3v) is 4.14. The summed E-state index contributed by atoms with van der Waals surface area (Å²) in [4.78, 5) is 17.2. The zero-order valence-corrected chi connectivity index (χ0v) is 13.4. The molecule has 0 saturated heterocycles. The third kappa shape index (κ3) is 2.22. The Kier molecular flexibility index (Phi) is 3.27. The zero-order valence-electron chi connectivity index (χ0n) is 13.4. The van der Waals surface area contributed by atoms with Gasteiger partial charge in [-0.2, -0.15) is 4.98 Å². The van der Waals surface area contributed by atoms with Crippen molar-refractivity contribution in [1.82, 2.24) is 14.7 Å². The topological polar surface area (TPSA) is 60.9 Å². The number of aromatic nitrogens is 3. The highest BCUT2D eigenvalue weighted by Crippen LogP contribution is 2.24. The molecule has 0 saturated carbocycles. The van der Waals surface area contributed by atoms with Crippen LogP contribution in [0.2, 0.25) is 0 Å². The first-order valence-corrected chi connectivity index (χ1v) is 7.63. The second-order valence-corrected chi connectivity index (χ2v) is 5.74. The van der Waals surface area contributed by atoms with Gasteiger partial charge in [0.05, 0.1) is 5.52 Å². The summed E-state index contributed by atoms with van der Waals surface area (Å²) in [6, 6.07) is 15.3. The fourth-order valence-corrected chi connectivity index (χ4v) is 2.86. The molecule has 0 aliphatic carbocycles. The summed E-state index contributed by atoms with van der Waals surface area (Å²) >= 11 is 0. The number of aryl methyl sites for hydroxylation is 2. The number of rotatable bonds is 2. The molecule has 0 N–H and O–H groups in total. The van der Waals surface area contributed by atoms with Crippen LogP contribution >= 0.6 is 0 Å². The van der Waals surface area contributed by atoms with Crippen LogP contribution in [0.25, 0.3) is 33.7 Å². The lowest BCUT2D eigenvalue weighted by molar-refractivity contribution is 0.431. The van der Waals surface area contributed by atoms with E-state index in [9.17, 15) is 4.79 Å². The molecule has 5 heteroatoms. The second kappa shape index (κ2) is 5.45. The Balaban J connectivity index is 1.89. The van der Waals surface area contributed by atoms with E-state index >= 15 is 0 Å². The number of pyridine rings is 1. The predicted octanol–water partition coefficient (Wildman–Crippen LogP) is 3.56. The third-order valence-electron chi connectivity index (χ3n) is 4.14. The van der Waals surface area contributed by atoms with Crippen LogP contribution in [0.15, 0.2) is 64.0 Å². The standard InChI is InChI=1S/C19H15N3O2/c1-12-7-3-4-8-13(12)18-20-19(24-21-18)15-11-22(2)16-10-6-5-9-14(16)17(15)23/h3-11H,1-2H3. The summed E-state index contributed by atoms with van der Waals surface area (Å²) < 4.78 is 7.26. The fraction of sp³-hybridized carbons (Fsp3) is 0.105. The number of benzene rings is 2. The molecule has 0 atom stereocenters. The zero-order chi connectivity index (χ0) is 16.7. The molecule has 0 unspecified atom stereocenters. The van der Waals surface area contributed by atoms with Crippen molar-refractivity contribution in [2.45, 2.75) is 6.92 Å². The number of nitrogens with zero attached hydrogens (tertiary/aromatic N) is 3. The first kappa shape index (κ1) is 14.4. The Morgan fingerprint density at radius 1 is 1.00 bits per heavy atom. The number of hydrogen-bond donors (Lipinski definition) is 0. The van der Waals surface area contributed by atoms with Crippen LogP contribution in [0.4, 0.5) is 0 Å². The van der Waals surface area contributed by atoms with Crippen LogP contribution in [0.1, 0.15) is 5.56 Å². The van der Waals surface area contributed by atoms with E-state index in [0.29, 0.717) is 16.8 Å². The van der Waals surface area contributed by atoms with Crippen molar-refractivity contribution in [1.29, 1.82) is 0 Å². The molecule has 4 rings (SSSR count). The summed E-state index contributed by atoms with van der Waals surface area (Å²) in [6.45, 7) is 1.99. The van der Waals surface area contributed by atoms with E-state index < -0.39 is 0 Å². The molecule has 2 aromatic heterocycles. The first-order valence-electron chi connectivity index (χ1n) is 7.63. The van der Waals surface area contributed by atoms with Gasteiger partial charge in [-0.05, 0) is 24.6 Å². The Labute approximate surface area is 138 Å². The van der Waals surface area contributed by atoms with Gasteiger partial charge in [0.15, 0.2) is 0 Å². The van der Waals surface area contributed by atoms with Crippen LogP contribution in [0, 0.1) is 6.92 Å². The van der Waals surface area contributed by atoms with E-state index in [4.69, 9.17) is 4.52 Å². The number of para-hydroxylation sites is 1. The van der Waals surface area contributed by atoms with Crippen molar-refractivity contribution < 1.29 is 4.52 Å². The average molecular weight is 317 g/mol. The molecule has 0 radical (unpaired) electrons. The molecule has 2 aromatic carbocycles. The first-order chi connectivity index (χ1) is 11.6. The van der Waals surface area contributed by atoms with Gasteiger partial charge in [0, 0.05) is 24.2 Å². The van der Waals surface area contributed by atoms with Gasteiger partial charge in [-0.15, -0.1) is 0 Å². The van der Waals surface area contributed by atoms with Crippen LogP contribution in [-0.4, -0.2) is 14.7 Å². The molecule has 2 heterocycles. The summed E-state index contributed by atoms with van der Waals surface area (Å²) in [5.41, 5.74) is 3.11. The van der Waals surface area contributed by atoms with Gasteiger partial charge in [-0.1, -0.05) is 41.6 Å². The van der Waals surface area contributed by atoms with E-state index in [-0.39, 0.29) is 11.3 Å². The quantitative estimate of drug-likeness (QED) is 0.567. The lowest BCUT2D eigenvalue weighted by atomic mass is 10.1. The molecule has 0 spiro atoms. The van der Waals surface area contributed by atoms with E-state index in [1.807, 2.05) is 61.0 Å². The van der Waals surface area contributed by atoms with Crippen LogP contribution in [-0.2, 0) is 7.05 Å². The highest BCUT2D eigenvalue weighted by Gasteiger charge is 2.17. The maximum atomic E-state index is 12.8. The minimum Gasteiger partial charge on any atom is -0.350 e. The Morgan fingerprint density at radius 3 is 2.58 bits per heavy atom. The van der Waals surface area contributed by atoms with Gasteiger partial charge in [0.1, 0.15) is 5.56 Å². The lowest BCUT2D eigenvalue weighted by Gasteiger charge is -2.06. The van der Waals surface area contributed by atoms with E-state index in [2.05, 4.69) is 10.1 Å². The van der Waals surface area contributed by atoms with Crippen molar-refractivity contribution in [2.24, 2.45) is 7.05 Å². The molecule has 0 fully saturated rings. The smallest absolute Gasteiger partial charge is 0.263 e. The number of hydrogen-bond acceptors (Lipinski definition) is 4. The molecular formula is C19H15N3O2. The van der Waals surface area contributed by atoms with Gasteiger partial charge < -0.3 is 9.09 Å². The van der Waals surface area contributed by atoms with Gasteiger partial charge >= 0.3 is 0 Å². The van der Waals surface area contributed by atoms with Gasteiger partial charge in [-0.3, -0.25) is 4.79 Å². The lowest BCUT2D eigenvalue weighted by Crippen LogP contribution is -2.10. The second-order valence-electron chi connectivity index (χ2n) is 5.74. The summed E-state index contributed by atoms with van der Waals surface area (Å²) in [7, 11) is 1.89. The minimum absolute atomic E-state index is 0.108. The van der Waals surface area contributed by atoms with Crippen LogP contribution < -0.4 is 5.43 Å². The Hall–Kier alpha value is -3.21. The highest BCUT2D eigenvalue weighted by atomic mass is 16.5. The molecule has 0 aliphatic heterocycles. The van der Waals surface area contributed by atoms with Gasteiger partial charge in [0.25, 0.3) is 5.89 Å². The largest absolute Gasteiger partial charge is 0.350 e. The highest BCUT2D eigenvalue weighted by molar-refractivity contribution is 5.82. The van der Waals surface area contributed by atoms with E-state index in [0.717, 1.165) is 16.6 Å². The van der Waals surface area contributed by atoms with Crippen molar-refractivity contribution >= 4 is 10.9 Å². The Morgan fingerprint density at radius 2 is 1.75 bits per heavy atom. The molecule has 0 aliphatic rings. The maximum absolute atomic E-state index is 12.8. The maximum Gasteiger partial charge on any atom is 0.263 e. The van der Waals surface area contributed by atoms with E-state index in [1.165, 1.54) is 0 Å². The molecule has 0 amide bonds. The SMILES string of the molecule is Cc1ccccc1-c1noc(-c2cn(C)c3ccccc3c2=O)n1. The minimum atomic E-state index is -0.108. The van der Waals surface area contributed by atoms with Crippen LogP contribution in [0.5, 0.6) is 0 Å². The summed E-state index contributed by atoms with van der Waals surface area (Å²) in [5.74, 6) is 0.720. The molecule has 5 nitrogen and oxygen atoms in total. The van der Waals surface area contributed by atoms with Crippen molar-refractivity contribution in [2.75, 3.05) is 0 Å². The molecule has 24 heavy (non-hydrogen) atoms. The van der Waals surface area contributed by atoms with E-state index in [1.54, 1.807) is 12.3 Å². The van der Waals surface area contributed by atoms with Crippen molar-refractivity contribution in [3.8, 4) is 22.8 Å². The summed E-state index contributed by atoms with van der Waals surface area (Å²) in [5, 5.41) is 4.67. The summed E-state index contributed by atoms with van der Waals surface area (Å²) in [6.07, 6.45) is 1.74. The van der Waals surface area contributed by atoms with Crippen molar-refractivity contribution in [3.05, 3.63) is 70.5 Å². The molecule has 0 bridgehead atoms. The van der Waals surface area contributed by atoms with Gasteiger partial charge in [0.2, 0.25) is 11.3 Å². The molecular weight excluding hydrogens is 302 g/mol. The number of fused-ring (bicyclic) bond motifs is 1. The average Bonchev–Trinajstić information content (AvgIpc) is 3.08. The monoisotopic (exact) mass is 317 g/mol. The van der Waals surface area contributed by atoms with Gasteiger partial charge in [-0.25, -0.2) is 0 Å². The molecule has 118 valence electrons.